The van der Waals surface area contributed by atoms with Gasteiger partial charge in [0.2, 0.25) is 0 Å². The Kier molecular flexibility index (Phi) is 4.43. The second kappa shape index (κ2) is 6.66. The number of aromatic nitrogens is 1. The molecule has 1 aromatic carbocycles. The number of rotatable bonds is 5. The number of nitrogens with one attached hydrogen (secondary N) is 1. The van der Waals surface area contributed by atoms with Gasteiger partial charge in [0.05, 0.1) is 31.2 Å². The number of furan rings is 1. The van der Waals surface area contributed by atoms with Crippen LogP contribution in [0, 0.1) is 6.92 Å². The van der Waals surface area contributed by atoms with E-state index in [4.69, 9.17) is 9.15 Å². The van der Waals surface area contributed by atoms with E-state index in [9.17, 15) is 4.79 Å². The summed E-state index contributed by atoms with van der Waals surface area (Å²) in [6.07, 6.45) is 1.51. The largest absolute Gasteiger partial charge is 0.497 e. The van der Waals surface area contributed by atoms with Crippen LogP contribution in [0.5, 0.6) is 5.75 Å². The highest BCUT2D eigenvalue weighted by atomic mass is 32.1. The summed E-state index contributed by atoms with van der Waals surface area (Å²) in [5.74, 6) is 1.27. The number of hydrogen-bond acceptors (Lipinski definition) is 5. The number of thiazole rings is 1. The van der Waals surface area contributed by atoms with E-state index < -0.39 is 0 Å². The van der Waals surface area contributed by atoms with Gasteiger partial charge in [0.1, 0.15) is 16.5 Å². The Morgan fingerprint density at radius 2 is 2.09 bits per heavy atom. The Morgan fingerprint density at radius 1 is 1.30 bits per heavy atom. The van der Waals surface area contributed by atoms with Gasteiger partial charge in [0.25, 0.3) is 5.91 Å². The Balaban J connectivity index is 1.65. The van der Waals surface area contributed by atoms with Crippen LogP contribution in [-0.2, 0) is 6.54 Å². The first kappa shape index (κ1) is 15.3. The van der Waals surface area contributed by atoms with E-state index in [1.54, 1.807) is 20.1 Å². The van der Waals surface area contributed by atoms with Crippen LogP contribution >= 0.6 is 11.3 Å². The molecule has 0 saturated carbocycles. The lowest BCUT2D eigenvalue weighted by molar-refractivity contribution is 0.0949. The Morgan fingerprint density at radius 3 is 2.74 bits per heavy atom. The van der Waals surface area contributed by atoms with Crippen molar-refractivity contribution in [2.45, 2.75) is 13.5 Å². The molecule has 1 N–H and O–H groups in total. The van der Waals surface area contributed by atoms with Crippen molar-refractivity contribution in [3.8, 4) is 17.0 Å². The van der Waals surface area contributed by atoms with Crippen molar-refractivity contribution in [1.82, 2.24) is 10.3 Å². The van der Waals surface area contributed by atoms with Gasteiger partial charge in [-0.25, -0.2) is 4.98 Å². The minimum atomic E-state index is -0.155. The molecule has 0 aliphatic carbocycles. The third kappa shape index (κ3) is 3.43. The molecule has 0 aliphatic rings. The molecule has 0 bridgehead atoms. The fourth-order valence-electron chi connectivity index (χ4n) is 2.16. The highest BCUT2D eigenvalue weighted by Gasteiger charge is 2.12. The number of benzene rings is 1. The standard InChI is InChI=1S/C17H16N2O3S/c1-11-14(7-8-22-11)17(20)18-9-16-19-15(10-23-16)12-3-5-13(21-2)6-4-12/h3-8,10H,9H2,1-2H3,(H,18,20). The first-order chi connectivity index (χ1) is 11.2. The van der Waals surface area contributed by atoms with Crippen molar-refractivity contribution in [2.75, 3.05) is 7.11 Å². The lowest BCUT2D eigenvalue weighted by Gasteiger charge is -2.02. The number of carbonyl (C=O) groups is 1. The van der Waals surface area contributed by atoms with Gasteiger partial charge in [-0.3, -0.25) is 4.79 Å². The zero-order chi connectivity index (χ0) is 16.2. The quantitative estimate of drug-likeness (QED) is 0.776. The number of methoxy groups -OCH3 is 1. The zero-order valence-corrected chi connectivity index (χ0v) is 13.6. The maximum atomic E-state index is 12.0. The summed E-state index contributed by atoms with van der Waals surface area (Å²) in [6, 6.07) is 9.39. The number of hydrogen-bond donors (Lipinski definition) is 1. The molecule has 0 spiro atoms. The minimum absolute atomic E-state index is 0.155. The number of ether oxygens (including phenoxy) is 1. The predicted octanol–water partition coefficient (Wildman–Crippen LogP) is 3.65. The van der Waals surface area contributed by atoms with Crippen LogP contribution in [0.4, 0.5) is 0 Å². The van der Waals surface area contributed by atoms with Gasteiger partial charge in [-0.2, -0.15) is 0 Å². The maximum Gasteiger partial charge on any atom is 0.255 e. The molecule has 6 heteroatoms. The number of aryl methyl sites for hydroxylation is 1. The van der Waals surface area contributed by atoms with Crippen molar-refractivity contribution in [1.29, 1.82) is 0 Å². The van der Waals surface area contributed by atoms with Crippen LogP contribution in [0.3, 0.4) is 0 Å². The fraction of sp³-hybridized carbons (Fsp3) is 0.176. The second-order valence-electron chi connectivity index (χ2n) is 4.93. The van der Waals surface area contributed by atoms with Gasteiger partial charge in [-0.15, -0.1) is 11.3 Å². The van der Waals surface area contributed by atoms with E-state index in [1.807, 2.05) is 29.6 Å². The molecule has 2 heterocycles. The Labute approximate surface area is 137 Å². The van der Waals surface area contributed by atoms with Crippen molar-refractivity contribution < 1.29 is 13.9 Å². The van der Waals surface area contributed by atoms with E-state index in [-0.39, 0.29) is 5.91 Å². The van der Waals surface area contributed by atoms with Gasteiger partial charge >= 0.3 is 0 Å². The third-order valence-corrected chi connectivity index (χ3v) is 4.29. The lowest BCUT2D eigenvalue weighted by atomic mass is 10.2. The Bertz CT molecular complexity index is 805. The number of amides is 1. The summed E-state index contributed by atoms with van der Waals surface area (Å²) in [7, 11) is 1.64. The normalized spacial score (nSPS) is 10.5. The molecule has 3 rings (SSSR count). The average Bonchev–Trinajstić information content (AvgIpc) is 3.22. The summed E-state index contributed by atoms with van der Waals surface area (Å²) in [5.41, 5.74) is 2.46. The second-order valence-corrected chi connectivity index (χ2v) is 5.87. The zero-order valence-electron chi connectivity index (χ0n) is 12.8. The van der Waals surface area contributed by atoms with Gasteiger partial charge in [0.15, 0.2) is 0 Å². The van der Waals surface area contributed by atoms with E-state index in [1.165, 1.54) is 17.6 Å². The molecular weight excluding hydrogens is 312 g/mol. The van der Waals surface area contributed by atoms with E-state index in [0.717, 1.165) is 22.0 Å². The monoisotopic (exact) mass is 328 g/mol. The van der Waals surface area contributed by atoms with Gasteiger partial charge in [0, 0.05) is 10.9 Å². The van der Waals surface area contributed by atoms with Crippen LogP contribution in [0.25, 0.3) is 11.3 Å². The summed E-state index contributed by atoms with van der Waals surface area (Å²) >= 11 is 1.52. The molecule has 0 atom stereocenters. The van der Waals surface area contributed by atoms with Gasteiger partial charge in [-0.05, 0) is 37.3 Å². The summed E-state index contributed by atoms with van der Waals surface area (Å²) in [6.45, 7) is 2.16. The van der Waals surface area contributed by atoms with E-state index in [0.29, 0.717) is 17.9 Å². The van der Waals surface area contributed by atoms with Crippen molar-refractivity contribution in [3.63, 3.8) is 0 Å². The van der Waals surface area contributed by atoms with Crippen LogP contribution in [0.2, 0.25) is 0 Å². The van der Waals surface area contributed by atoms with Crippen molar-refractivity contribution in [3.05, 3.63) is 58.3 Å². The Hall–Kier alpha value is -2.60. The first-order valence-electron chi connectivity index (χ1n) is 7.08. The molecule has 3 aromatic rings. The molecule has 118 valence electrons. The topological polar surface area (TPSA) is 64.4 Å². The van der Waals surface area contributed by atoms with Gasteiger partial charge < -0.3 is 14.5 Å². The van der Waals surface area contributed by atoms with Crippen LogP contribution in [0.1, 0.15) is 21.1 Å². The first-order valence-corrected chi connectivity index (χ1v) is 7.96. The van der Waals surface area contributed by atoms with Gasteiger partial charge in [-0.1, -0.05) is 0 Å². The highest BCUT2D eigenvalue weighted by Crippen LogP contribution is 2.24. The summed E-state index contributed by atoms with van der Waals surface area (Å²) in [4.78, 5) is 16.6. The number of nitrogens with zero attached hydrogens (tertiary/aromatic N) is 1. The van der Waals surface area contributed by atoms with Crippen molar-refractivity contribution >= 4 is 17.2 Å². The molecule has 0 saturated heterocycles. The SMILES string of the molecule is COc1ccc(-c2csc(CNC(=O)c3ccoc3C)n2)cc1. The molecule has 2 aromatic heterocycles. The molecule has 0 radical (unpaired) electrons. The molecular formula is C17H16N2O3S. The number of carbonyl (C=O) groups excluding carboxylic acids is 1. The lowest BCUT2D eigenvalue weighted by Crippen LogP contribution is -2.22. The van der Waals surface area contributed by atoms with Crippen LogP contribution in [-0.4, -0.2) is 18.0 Å². The minimum Gasteiger partial charge on any atom is -0.497 e. The molecule has 23 heavy (non-hydrogen) atoms. The predicted molar refractivity (Wildman–Crippen MR) is 88.7 cm³/mol. The molecule has 0 aliphatic heterocycles. The molecule has 5 nitrogen and oxygen atoms in total. The maximum absolute atomic E-state index is 12.0. The van der Waals surface area contributed by atoms with E-state index in [2.05, 4.69) is 10.3 Å². The van der Waals surface area contributed by atoms with E-state index >= 15 is 0 Å². The third-order valence-electron chi connectivity index (χ3n) is 3.44. The molecule has 0 fully saturated rings. The van der Waals surface area contributed by atoms with Crippen LogP contribution < -0.4 is 10.1 Å². The van der Waals surface area contributed by atoms with Crippen LogP contribution in [0.15, 0.2) is 46.4 Å². The highest BCUT2D eigenvalue weighted by molar-refractivity contribution is 7.09. The average molecular weight is 328 g/mol. The van der Waals surface area contributed by atoms with Crippen molar-refractivity contribution in [2.24, 2.45) is 0 Å². The summed E-state index contributed by atoms with van der Waals surface area (Å²) < 4.78 is 10.3. The fourth-order valence-corrected chi connectivity index (χ4v) is 2.90. The smallest absolute Gasteiger partial charge is 0.255 e. The summed E-state index contributed by atoms with van der Waals surface area (Å²) in [5, 5.41) is 5.68. The molecule has 1 amide bonds. The molecule has 0 unspecified atom stereocenters.